The molecule has 1 aliphatic heterocycles. The fourth-order valence-corrected chi connectivity index (χ4v) is 1.77. The summed E-state index contributed by atoms with van der Waals surface area (Å²) < 4.78 is 12.8. The molecule has 0 saturated carbocycles. The summed E-state index contributed by atoms with van der Waals surface area (Å²) >= 11 is 0. The minimum absolute atomic E-state index is 0.170. The highest BCUT2D eigenvalue weighted by atomic mass is 19.1. The van der Waals surface area contributed by atoms with Gasteiger partial charge in [0.05, 0.1) is 0 Å². The highest BCUT2D eigenvalue weighted by Gasteiger charge is 2.19. The number of nitrogens with one attached hydrogen (secondary N) is 2. The smallest absolute Gasteiger partial charge is 0.125 e. The molecule has 3 heteroatoms. The molecule has 1 heterocycles. The summed E-state index contributed by atoms with van der Waals surface area (Å²) in [4.78, 5) is 0. The Labute approximate surface area is 77.2 Å². The maximum absolute atomic E-state index is 12.8. The highest BCUT2D eigenvalue weighted by molar-refractivity contribution is 5.56. The lowest BCUT2D eigenvalue weighted by Crippen LogP contribution is -2.28. The van der Waals surface area contributed by atoms with E-state index in [0.717, 1.165) is 18.7 Å². The van der Waals surface area contributed by atoms with Crippen LogP contribution in [0.4, 0.5) is 10.1 Å². The third-order valence-corrected chi connectivity index (χ3v) is 2.35. The normalized spacial score (nSPS) is 19.7. The van der Waals surface area contributed by atoms with Gasteiger partial charge in [0, 0.05) is 18.3 Å². The van der Waals surface area contributed by atoms with Crippen molar-refractivity contribution in [1.82, 2.24) is 5.32 Å². The molecule has 13 heavy (non-hydrogen) atoms. The van der Waals surface area contributed by atoms with Crippen molar-refractivity contribution in [3.05, 3.63) is 29.6 Å². The fraction of sp³-hybridized carbons (Fsp3) is 0.400. The van der Waals surface area contributed by atoms with E-state index in [0.29, 0.717) is 6.04 Å². The van der Waals surface area contributed by atoms with Crippen molar-refractivity contribution >= 4 is 5.69 Å². The maximum atomic E-state index is 12.8. The van der Waals surface area contributed by atoms with Crippen molar-refractivity contribution in [1.29, 1.82) is 0 Å². The van der Waals surface area contributed by atoms with Gasteiger partial charge < -0.3 is 10.6 Å². The summed E-state index contributed by atoms with van der Waals surface area (Å²) in [6, 6.07) is 5.34. The van der Waals surface area contributed by atoms with Crippen LogP contribution in [0.5, 0.6) is 0 Å². The zero-order chi connectivity index (χ0) is 9.26. The van der Waals surface area contributed by atoms with E-state index in [4.69, 9.17) is 0 Å². The van der Waals surface area contributed by atoms with Crippen molar-refractivity contribution in [2.24, 2.45) is 0 Å². The first-order valence-electron chi connectivity index (χ1n) is 4.49. The Kier molecular flexibility index (Phi) is 2.19. The van der Waals surface area contributed by atoms with Crippen LogP contribution in [0.1, 0.15) is 5.56 Å². The first-order chi connectivity index (χ1) is 6.29. The van der Waals surface area contributed by atoms with Crippen molar-refractivity contribution in [2.45, 2.75) is 12.5 Å². The van der Waals surface area contributed by atoms with Crippen molar-refractivity contribution in [3.8, 4) is 0 Å². The minimum Gasteiger partial charge on any atom is -0.380 e. The second kappa shape index (κ2) is 3.34. The van der Waals surface area contributed by atoms with Crippen molar-refractivity contribution in [3.63, 3.8) is 0 Å². The van der Waals surface area contributed by atoms with Gasteiger partial charge >= 0.3 is 0 Å². The molecule has 1 atom stereocenters. The lowest BCUT2D eigenvalue weighted by atomic mass is 10.1. The maximum Gasteiger partial charge on any atom is 0.125 e. The molecule has 1 aromatic rings. The number of likely N-dealkylation sites (N-methyl/N-ethyl adjacent to an activating group) is 1. The second-order valence-electron chi connectivity index (χ2n) is 3.40. The lowest BCUT2D eigenvalue weighted by Gasteiger charge is -2.09. The molecule has 0 aliphatic carbocycles. The van der Waals surface area contributed by atoms with Crippen LogP contribution in [-0.4, -0.2) is 19.6 Å². The number of fused-ring (bicyclic) bond motifs is 1. The summed E-state index contributed by atoms with van der Waals surface area (Å²) in [6.45, 7) is 0.913. The first-order valence-corrected chi connectivity index (χ1v) is 4.49. The molecule has 1 aromatic carbocycles. The van der Waals surface area contributed by atoms with E-state index in [1.54, 1.807) is 6.07 Å². The summed E-state index contributed by atoms with van der Waals surface area (Å²) in [5.41, 5.74) is 2.15. The van der Waals surface area contributed by atoms with Crippen LogP contribution in [0.3, 0.4) is 0 Å². The number of hydrogen-bond donors (Lipinski definition) is 2. The monoisotopic (exact) mass is 180 g/mol. The molecule has 0 saturated heterocycles. The quantitative estimate of drug-likeness (QED) is 0.718. The SMILES string of the molecule is CNCC1Cc2ccc(F)cc2N1. The molecular formula is C10H13FN2. The van der Waals surface area contributed by atoms with E-state index in [2.05, 4.69) is 10.6 Å². The van der Waals surface area contributed by atoms with E-state index < -0.39 is 0 Å². The average molecular weight is 180 g/mol. The number of anilines is 1. The molecule has 0 amide bonds. The van der Waals surface area contributed by atoms with Gasteiger partial charge in [-0.2, -0.15) is 0 Å². The Morgan fingerprint density at radius 1 is 1.62 bits per heavy atom. The van der Waals surface area contributed by atoms with Crippen LogP contribution in [0.25, 0.3) is 0 Å². The van der Waals surface area contributed by atoms with E-state index >= 15 is 0 Å². The molecule has 0 aromatic heterocycles. The molecule has 2 nitrogen and oxygen atoms in total. The molecule has 0 radical (unpaired) electrons. The van der Waals surface area contributed by atoms with E-state index in [1.807, 2.05) is 13.1 Å². The van der Waals surface area contributed by atoms with Gasteiger partial charge in [0.15, 0.2) is 0 Å². The Hall–Kier alpha value is -1.09. The fourth-order valence-electron chi connectivity index (χ4n) is 1.77. The van der Waals surface area contributed by atoms with Crippen LogP contribution in [0.15, 0.2) is 18.2 Å². The standard InChI is InChI=1S/C10H13FN2/c1-12-6-9-4-7-2-3-8(11)5-10(7)13-9/h2-3,5,9,12-13H,4,6H2,1H3. The van der Waals surface area contributed by atoms with Crippen LogP contribution in [-0.2, 0) is 6.42 Å². The molecule has 2 N–H and O–H groups in total. The topological polar surface area (TPSA) is 24.1 Å². The summed E-state index contributed by atoms with van der Waals surface area (Å²) in [5.74, 6) is -0.170. The molecule has 1 aliphatic rings. The average Bonchev–Trinajstić information content (AvgIpc) is 2.46. The highest BCUT2D eigenvalue weighted by Crippen LogP contribution is 2.25. The van der Waals surface area contributed by atoms with Gasteiger partial charge in [-0.1, -0.05) is 6.07 Å². The summed E-state index contributed by atoms with van der Waals surface area (Å²) in [7, 11) is 1.92. The predicted octanol–water partition coefficient (Wildman–Crippen LogP) is 1.38. The zero-order valence-electron chi connectivity index (χ0n) is 7.60. The molecular weight excluding hydrogens is 167 g/mol. The Balaban J connectivity index is 2.16. The van der Waals surface area contributed by atoms with Crippen LogP contribution in [0.2, 0.25) is 0 Å². The first kappa shape index (κ1) is 8.51. The Morgan fingerprint density at radius 2 is 2.46 bits per heavy atom. The second-order valence-corrected chi connectivity index (χ2v) is 3.40. The molecule has 0 fully saturated rings. The third kappa shape index (κ3) is 1.65. The van der Waals surface area contributed by atoms with E-state index in [9.17, 15) is 4.39 Å². The Bertz CT molecular complexity index is 312. The van der Waals surface area contributed by atoms with E-state index in [1.165, 1.54) is 11.6 Å². The van der Waals surface area contributed by atoms with Gasteiger partial charge in [-0.05, 0) is 31.2 Å². The number of benzene rings is 1. The third-order valence-electron chi connectivity index (χ3n) is 2.35. The van der Waals surface area contributed by atoms with Crippen LogP contribution < -0.4 is 10.6 Å². The van der Waals surface area contributed by atoms with Gasteiger partial charge in [0.1, 0.15) is 5.82 Å². The van der Waals surface area contributed by atoms with Crippen LogP contribution in [0, 0.1) is 5.82 Å². The van der Waals surface area contributed by atoms with Crippen molar-refractivity contribution in [2.75, 3.05) is 18.9 Å². The predicted molar refractivity (Wildman–Crippen MR) is 51.4 cm³/mol. The molecule has 0 spiro atoms. The number of rotatable bonds is 2. The van der Waals surface area contributed by atoms with Gasteiger partial charge in [0.25, 0.3) is 0 Å². The molecule has 1 unspecified atom stereocenters. The largest absolute Gasteiger partial charge is 0.380 e. The minimum atomic E-state index is -0.170. The van der Waals surface area contributed by atoms with Crippen molar-refractivity contribution < 1.29 is 4.39 Å². The number of halogens is 1. The van der Waals surface area contributed by atoms with E-state index in [-0.39, 0.29) is 5.82 Å². The zero-order valence-corrected chi connectivity index (χ0v) is 7.60. The van der Waals surface area contributed by atoms with Gasteiger partial charge in [0.2, 0.25) is 0 Å². The number of hydrogen-bond acceptors (Lipinski definition) is 2. The molecule has 2 rings (SSSR count). The van der Waals surface area contributed by atoms with Gasteiger partial charge in [-0.3, -0.25) is 0 Å². The van der Waals surface area contributed by atoms with Crippen LogP contribution >= 0.6 is 0 Å². The lowest BCUT2D eigenvalue weighted by molar-refractivity contribution is 0.628. The Morgan fingerprint density at radius 3 is 3.23 bits per heavy atom. The molecule has 70 valence electrons. The summed E-state index contributed by atoms with van der Waals surface area (Å²) in [6.07, 6.45) is 0.983. The molecule has 0 bridgehead atoms. The van der Waals surface area contributed by atoms with Gasteiger partial charge in [-0.15, -0.1) is 0 Å². The van der Waals surface area contributed by atoms with Gasteiger partial charge in [-0.25, -0.2) is 4.39 Å². The summed E-state index contributed by atoms with van der Waals surface area (Å²) in [5, 5.41) is 6.38.